The van der Waals surface area contributed by atoms with Gasteiger partial charge in [0.25, 0.3) is 0 Å². The van der Waals surface area contributed by atoms with E-state index in [0.717, 1.165) is 19.6 Å². The van der Waals surface area contributed by atoms with Crippen LogP contribution in [0.3, 0.4) is 0 Å². The van der Waals surface area contributed by atoms with Gasteiger partial charge < -0.3 is 20.9 Å². The van der Waals surface area contributed by atoms with Gasteiger partial charge in [-0.25, -0.2) is 0 Å². The standard InChI is InChI=1S/C10H22N2O3/c1-8(2)7-15-5-3-4-12-6-9(11)10(13)14/h8-9,12H,3-7,11H2,1-2H3,(H,13,14). The molecule has 4 N–H and O–H groups in total. The molecule has 0 rings (SSSR count). The first-order valence-corrected chi connectivity index (χ1v) is 5.31. The van der Waals surface area contributed by atoms with Crippen molar-refractivity contribution in [3.63, 3.8) is 0 Å². The first-order valence-electron chi connectivity index (χ1n) is 5.31. The van der Waals surface area contributed by atoms with E-state index in [1.54, 1.807) is 0 Å². The highest BCUT2D eigenvalue weighted by Crippen LogP contribution is 1.92. The number of hydrogen-bond acceptors (Lipinski definition) is 4. The molecule has 15 heavy (non-hydrogen) atoms. The topological polar surface area (TPSA) is 84.6 Å². The molecule has 0 saturated carbocycles. The highest BCUT2D eigenvalue weighted by molar-refractivity contribution is 5.73. The third-order valence-electron chi connectivity index (χ3n) is 1.77. The van der Waals surface area contributed by atoms with Gasteiger partial charge in [0.15, 0.2) is 0 Å². The summed E-state index contributed by atoms with van der Waals surface area (Å²) in [4.78, 5) is 10.4. The Morgan fingerprint density at radius 2 is 2.20 bits per heavy atom. The van der Waals surface area contributed by atoms with E-state index < -0.39 is 12.0 Å². The van der Waals surface area contributed by atoms with Crippen LogP contribution in [0.2, 0.25) is 0 Å². The van der Waals surface area contributed by atoms with Crippen molar-refractivity contribution in [3.8, 4) is 0 Å². The molecular weight excluding hydrogens is 196 g/mol. The molecule has 0 amide bonds. The molecule has 0 aliphatic carbocycles. The summed E-state index contributed by atoms with van der Waals surface area (Å²) >= 11 is 0. The second kappa shape index (κ2) is 8.64. The Labute approximate surface area is 91.0 Å². The number of nitrogens with one attached hydrogen (secondary N) is 1. The summed E-state index contributed by atoms with van der Waals surface area (Å²) in [6.07, 6.45) is 0.874. The summed E-state index contributed by atoms with van der Waals surface area (Å²) in [5.41, 5.74) is 5.30. The van der Waals surface area contributed by atoms with E-state index in [1.165, 1.54) is 0 Å². The summed E-state index contributed by atoms with van der Waals surface area (Å²) in [6.45, 7) is 6.72. The number of ether oxygens (including phenoxy) is 1. The molecule has 0 aromatic carbocycles. The van der Waals surface area contributed by atoms with Crippen LogP contribution in [0.15, 0.2) is 0 Å². The fourth-order valence-electron chi connectivity index (χ4n) is 0.963. The Kier molecular flexibility index (Phi) is 8.27. The first-order chi connectivity index (χ1) is 7.04. The van der Waals surface area contributed by atoms with E-state index in [1.807, 2.05) is 0 Å². The average molecular weight is 218 g/mol. The number of aliphatic carboxylic acids is 1. The van der Waals surface area contributed by atoms with Crippen LogP contribution < -0.4 is 11.1 Å². The van der Waals surface area contributed by atoms with E-state index in [0.29, 0.717) is 19.1 Å². The van der Waals surface area contributed by atoms with E-state index in [4.69, 9.17) is 15.6 Å². The van der Waals surface area contributed by atoms with Gasteiger partial charge in [0.2, 0.25) is 0 Å². The van der Waals surface area contributed by atoms with Gasteiger partial charge in [0.1, 0.15) is 6.04 Å². The van der Waals surface area contributed by atoms with Crippen molar-refractivity contribution in [1.82, 2.24) is 5.32 Å². The van der Waals surface area contributed by atoms with E-state index in [2.05, 4.69) is 19.2 Å². The van der Waals surface area contributed by atoms with Crippen LogP contribution in [0, 0.1) is 5.92 Å². The second-order valence-corrected chi connectivity index (χ2v) is 3.97. The zero-order chi connectivity index (χ0) is 11.7. The second-order valence-electron chi connectivity index (χ2n) is 3.97. The molecule has 0 bridgehead atoms. The van der Waals surface area contributed by atoms with Crippen molar-refractivity contribution in [2.75, 3.05) is 26.3 Å². The van der Waals surface area contributed by atoms with Crippen molar-refractivity contribution in [1.29, 1.82) is 0 Å². The van der Waals surface area contributed by atoms with Crippen LogP contribution in [0.5, 0.6) is 0 Å². The normalized spacial score (nSPS) is 13.1. The molecule has 1 atom stereocenters. The molecule has 0 spiro atoms. The van der Waals surface area contributed by atoms with Crippen molar-refractivity contribution in [3.05, 3.63) is 0 Å². The Morgan fingerprint density at radius 1 is 1.53 bits per heavy atom. The monoisotopic (exact) mass is 218 g/mol. The smallest absolute Gasteiger partial charge is 0.321 e. The van der Waals surface area contributed by atoms with Gasteiger partial charge >= 0.3 is 5.97 Å². The highest BCUT2D eigenvalue weighted by atomic mass is 16.5. The maximum absolute atomic E-state index is 10.4. The van der Waals surface area contributed by atoms with Crippen LogP contribution in [-0.4, -0.2) is 43.4 Å². The minimum atomic E-state index is -0.974. The van der Waals surface area contributed by atoms with Crippen molar-refractivity contribution < 1.29 is 14.6 Å². The Balaban J connectivity index is 3.15. The fraction of sp³-hybridized carbons (Fsp3) is 0.900. The minimum Gasteiger partial charge on any atom is -0.480 e. The van der Waals surface area contributed by atoms with Crippen LogP contribution >= 0.6 is 0 Å². The van der Waals surface area contributed by atoms with E-state index in [9.17, 15) is 4.79 Å². The molecular formula is C10H22N2O3. The number of carboxylic acid groups (broad SMARTS) is 1. The maximum atomic E-state index is 10.4. The van der Waals surface area contributed by atoms with Crippen molar-refractivity contribution in [2.45, 2.75) is 26.3 Å². The molecule has 0 heterocycles. The van der Waals surface area contributed by atoms with Gasteiger partial charge in [-0.15, -0.1) is 0 Å². The molecule has 1 unspecified atom stereocenters. The molecule has 0 aromatic heterocycles. The molecule has 0 aliphatic rings. The average Bonchev–Trinajstić information content (AvgIpc) is 2.15. The van der Waals surface area contributed by atoms with Crippen LogP contribution in [0.25, 0.3) is 0 Å². The lowest BCUT2D eigenvalue weighted by atomic mass is 10.2. The number of hydrogen-bond donors (Lipinski definition) is 3. The van der Waals surface area contributed by atoms with Crippen LogP contribution in [-0.2, 0) is 9.53 Å². The van der Waals surface area contributed by atoms with Gasteiger partial charge in [-0.05, 0) is 18.9 Å². The third kappa shape index (κ3) is 9.65. The van der Waals surface area contributed by atoms with Gasteiger partial charge in [-0.2, -0.15) is 0 Å². The third-order valence-corrected chi connectivity index (χ3v) is 1.77. The first kappa shape index (κ1) is 14.3. The highest BCUT2D eigenvalue weighted by Gasteiger charge is 2.09. The lowest BCUT2D eigenvalue weighted by Gasteiger charge is -2.09. The lowest BCUT2D eigenvalue weighted by Crippen LogP contribution is -2.40. The van der Waals surface area contributed by atoms with Crippen LogP contribution in [0.1, 0.15) is 20.3 Å². The summed E-state index contributed by atoms with van der Waals surface area (Å²) in [5, 5.41) is 11.5. The summed E-state index contributed by atoms with van der Waals surface area (Å²) in [5.74, 6) is -0.419. The van der Waals surface area contributed by atoms with Crippen LogP contribution in [0.4, 0.5) is 0 Å². The fourth-order valence-corrected chi connectivity index (χ4v) is 0.963. The Morgan fingerprint density at radius 3 is 2.73 bits per heavy atom. The summed E-state index contributed by atoms with van der Waals surface area (Å²) in [6, 6.07) is -0.818. The molecule has 0 saturated heterocycles. The summed E-state index contributed by atoms with van der Waals surface area (Å²) < 4.78 is 5.36. The Bertz CT molecular complexity index is 174. The molecule has 5 heteroatoms. The number of carbonyl (C=O) groups is 1. The van der Waals surface area contributed by atoms with Gasteiger partial charge in [-0.3, -0.25) is 4.79 Å². The molecule has 0 fully saturated rings. The molecule has 5 nitrogen and oxygen atoms in total. The number of nitrogens with two attached hydrogens (primary N) is 1. The van der Waals surface area contributed by atoms with E-state index in [-0.39, 0.29) is 0 Å². The largest absolute Gasteiger partial charge is 0.480 e. The molecule has 0 radical (unpaired) electrons. The lowest BCUT2D eigenvalue weighted by molar-refractivity contribution is -0.138. The van der Waals surface area contributed by atoms with Crippen molar-refractivity contribution >= 4 is 5.97 Å². The Hall–Kier alpha value is -0.650. The zero-order valence-electron chi connectivity index (χ0n) is 9.53. The minimum absolute atomic E-state index is 0.305. The number of carboxylic acids is 1. The van der Waals surface area contributed by atoms with Gasteiger partial charge in [0.05, 0.1) is 0 Å². The maximum Gasteiger partial charge on any atom is 0.321 e. The molecule has 0 aromatic rings. The zero-order valence-corrected chi connectivity index (χ0v) is 9.53. The van der Waals surface area contributed by atoms with Gasteiger partial charge in [0, 0.05) is 19.8 Å². The van der Waals surface area contributed by atoms with Gasteiger partial charge in [-0.1, -0.05) is 13.8 Å². The molecule has 90 valence electrons. The SMILES string of the molecule is CC(C)COCCCNCC(N)C(=O)O. The van der Waals surface area contributed by atoms with E-state index >= 15 is 0 Å². The summed E-state index contributed by atoms with van der Waals surface area (Å²) in [7, 11) is 0. The number of rotatable bonds is 9. The van der Waals surface area contributed by atoms with Crippen molar-refractivity contribution in [2.24, 2.45) is 11.7 Å². The predicted molar refractivity (Wildman–Crippen MR) is 58.8 cm³/mol. The predicted octanol–water partition coefficient (Wildman–Crippen LogP) is 0.0506. The quantitative estimate of drug-likeness (QED) is 0.476. The molecule has 0 aliphatic heterocycles.